The molecule has 0 aliphatic heterocycles. The molecule has 114 valence electrons. The molecule has 0 unspecified atom stereocenters. The number of halogens is 1. The monoisotopic (exact) mass is 318 g/mol. The molecule has 0 heterocycles. The van der Waals surface area contributed by atoms with E-state index in [2.05, 4.69) is 32.9 Å². The lowest BCUT2D eigenvalue weighted by molar-refractivity contribution is 0.307. The second kappa shape index (κ2) is 6.81. The summed E-state index contributed by atoms with van der Waals surface area (Å²) in [6, 6.07) is 6.19. The topological polar surface area (TPSA) is 43.4 Å². The minimum atomic E-state index is -3.38. The van der Waals surface area contributed by atoms with Gasteiger partial charge in [-0.3, -0.25) is 0 Å². The summed E-state index contributed by atoms with van der Waals surface area (Å²) in [6.45, 7) is 9.05. The van der Waals surface area contributed by atoms with Crippen LogP contribution in [0.1, 0.15) is 44.7 Å². The third kappa shape index (κ3) is 6.14. The Hall–Kier alpha value is -0.740. The van der Waals surface area contributed by atoms with E-state index in [4.69, 9.17) is 15.4 Å². The normalized spacial score (nSPS) is 12.4. The zero-order valence-corrected chi connectivity index (χ0v) is 14.1. The molecule has 0 spiro atoms. The maximum Gasteiger partial charge on any atom is 0.232 e. The molecule has 0 aliphatic carbocycles. The summed E-state index contributed by atoms with van der Waals surface area (Å²) in [5, 5.41) is 0. The number of hydrogen-bond donors (Lipinski definition) is 0. The Morgan fingerprint density at radius 3 is 2.35 bits per heavy atom. The maximum atomic E-state index is 10.8. The van der Waals surface area contributed by atoms with Gasteiger partial charge in [-0.25, -0.2) is 8.42 Å². The molecular formula is C15H23ClO3S. The highest BCUT2D eigenvalue weighted by molar-refractivity contribution is 8.13. The number of unbranched alkanes of at least 4 members (excludes halogenated alkanes) is 1. The molecule has 1 rings (SSSR count). The molecule has 0 bridgehead atoms. The second-order valence-electron chi connectivity index (χ2n) is 6.03. The molecule has 1 aromatic carbocycles. The number of benzene rings is 1. The Kier molecular flexibility index (Phi) is 5.90. The van der Waals surface area contributed by atoms with Crippen LogP contribution in [0, 0.1) is 6.92 Å². The van der Waals surface area contributed by atoms with Crippen molar-refractivity contribution in [1.29, 1.82) is 0 Å². The summed E-state index contributed by atoms with van der Waals surface area (Å²) >= 11 is 0. The third-order valence-electron chi connectivity index (χ3n) is 3.08. The van der Waals surface area contributed by atoms with Crippen molar-refractivity contribution in [3.63, 3.8) is 0 Å². The first-order chi connectivity index (χ1) is 9.09. The highest BCUT2D eigenvalue weighted by Crippen LogP contribution is 2.27. The highest BCUT2D eigenvalue weighted by atomic mass is 35.7. The predicted molar refractivity (Wildman–Crippen MR) is 84.2 cm³/mol. The molecule has 3 nitrogen and oxygen atoms in total. The quantitative estimate of drug-likeness (QED) is 0.587. The molecule has 0 N–H and O–H groups in total. The fraction of sp³-hybridized carbons (Fsp3) is 0.600. The fourth-order valence-corrected chi connectivity index (χ4v) is 2.71. The lowest BCUT2D eigenvalue weighted by Gasteiger charge is -2.20. The van der Waals surface area contributed by atoms with Gasteiger partial charge in [0.15, 0.2) is 0 Å². The van der Waals surface area contributed by atoms with Gasteiger partial charge in [-0.05, 0) is 42.4 Å². The summed E-state index contributed by atoms with van der Waals surface area (Å²) in [5.74, 6) is 0.853. The lowest BCUT2D eigenvalue weighted by atomic mass is 9.86. The van der Waals surface area contributed by atoms with Crippen LogP contribution in [0.25, 0.3) is 0 Å². The zero-order valence-electron chi connectivity index (χ0n) is 12.6. The van der Waals surface area contributed by atoms with Crippen LogP contribution in [0.4, 0.5) is 0 Å². The van der Waals surface area contributed by atoms with Gasteiger partial charge < -0.3 is 4.74 Å². The molecule has 0 saturated heterocycles. The van der Waals surface area contributed by atoms with Gasteiger partial charge in [-0.15, -0.1) is 0 Å². The molecule has 0 aromatic heterocycles. The fourth-order valence-electron chi connectivity index (χ4n) is 1.84. The Morgan fingerprint density at radius 1 is 1.20 bits per heavy atom. The number of hydrogen-bond acceptors (Lipinski definition) is 3. The lowest BCUT2D eigenvalue weighted by Crippen LogP contribution is -2.11. The van der Waals surface area contributed by atoms with Gasteiger partial charge in [0.05, 0.1) is 12.4 Å². The first-order valence-electron chi connectivity index (χ1n) is 6.76. The maximum absolute atomic E-state index is 10.8. The smallest absolute Gasteiger partial charge is 0.232 e. The number of aryl methyl sites for hydroxylation is 1. The first kappa shape index (κ1) is 17.3. The van der Waals surface area contributed by atoms with Crippen LogP contribution in [0.3, 0.4) is 0 Å². The molecule has 0 radical (unpaired) electrons. The van der Waals surface area contributed by atoms with Crippen LogP contribution in [0.5, 0.6) is 5.75 Å². The van der Waals surface area contributed by atoms with Gasteiger partial charge in [0.25, 0.3) is 0 Å². The van der Waals surface area contributed by atoms with Crippen LogP contribution in [-0.4, -0.2) is 20.8 Å². The summed E-state index contributed by atoms with van der Waals surface area (Å²) in [5.41, 5.74) is 2.50. The van der Waals surface area contributed by atoms with Crippen molar-refractivity contribution in [2.45, 2.75) is 46.0 Å². The van der Waals surface area contributed by atoms with Crippen molar-refractivity contribution in [2.24, 2.45) is 0 Å². The number of ether oxygens (including phenoxy) is 1. The average molecular weight is 319 g/mol. The van der Waals surface area contributed by atoms with Crippen molar-refractivity contribution in [3.05, 3.63) is 29.3 Å². The molecule has 0 saturated carbocycles. The van der Waals surface area contributed by atoms with E-state index in [-0.39, 0.29) is 11.2 Å². The van der Waals surface area contributed by atoms with Crippen molar-refractivity contribution >= 4 is 19.7 Å². The molecule has 0 fully saturated rings. The van der Waals surface area contributed by atoms with Crippen LogP contribution in [0.15, 0.2) is 18.2 Å². The molecule has 0 atom stereocenters. The average Bonchev–Trinajstić information content (AvgIpc) is 2.27. The van der Waals surface area contributed by atoms with E-state index in [1.165, 1.54) is 5.56 Å². The molecule has 0 aliphatic rings. The summed E-state index contributed by atoms with van der Waals surface area (Å²) in [7, 11) is 1.76. The minimum absolute atomic E-state index is 0.000139. The Bertz CT molecular complexity index is 545. The molecule has 20 heavy (non-hydrogen) atoms. The summed E-state index contributed by atoms with van der Waals surface area (Å²) in [4.78, 5) is 0. The van der Waals surface area contributed by atoms with E-state index >= 15 is 0 Å². The third-order valence-corrected chi connectivity index (χ3v) is 4.32. The molecular weight excluding hydrogens is 296 g/mol. The largest absolute Gasteiger partial charge is 0.493 e. The van der Waals surface area contributed by atoms with E-state index in [9.17, 15) is 8.42 Å². The van der Waals surface area contributed by atoms with E-state index in [1.54, 1.807) is 0 Å². The van der Waals surface area contributed by atoms with Gasteiger partial charge in [-0.1, -0.05) is 32.9 Å². The first-order valence-corrected chi connectivity index (χ1v) is 9.24. The van der Waals surface area contributed by atoms with Gasteiger partial charge in [0.1, 0.15) is 5.75 Å². The zero-order chi connectivity index (χ0) is 15.4. The minimum Gasteiger partial charge on any atom is -0.493 e. The molecule has 0 amide bonds. The highest BCUT2D eigenvalue weighted by Gasteiger charge is 2.14. The standard InChI is InChI=1S/C15H23ClO3S/c1-12-11-13(15(2,3)4)7-8-14(12)19-9-5-6-10-20(16,17)18/h7-8,11H,5-6,9-10H2,1-4H3. The van der Waals surface area contributed by atoms with Gasteiger partial charge in [-0.2, -0.15) is 0 Å². The van der Waals surface area contributed by atoms with E-state index < -0.39 is 9.05 Å². The van der Waals surface area contributed by atoms with Gasteiger partial charge >= 0.3 is 0 Å². The van der Waals surface area contributed by atoms with Crippen LogP contribution < -0.4 is 4.74 Å². The molecule has 5 heteroatoms. The summed E-state index contributed by atoms with van der Waals surface area (Å²) in [6.07, 6.45) is 1.19. The van der Waals surface area contributed by atoms with E-state index in [0.717, 1.165) is 11.3 Å². The second-order valence-corrected chi connectivity index (χ2v) is 8.93. The van der Waals surface area contributed by atoms with Crippen LogP contribution in [-0.2, 0) is 14.5 Å². The Labute approximate surface area is 126 Å². The van der Waals surface area contributed by atoms with Gasteiger partial charge in [0, 0.05) is 10.7 Å². The molecule has 1 aromatic rings. The van der Waals surface area contributed by atoms with E-state index in [1.807, 2.05) is 13.0 Å². The van der Waals surface area contributed by atoms with Crippen molar-refractivity contribution in [1.82, 2.24) is 0 Å². The van der Waals surface area contributed by atoms with Crippen LogP contribution in [0.2, 0.25) is 0 Å². The van der Waals surface area contributed by atoms with Gasteiger partial charge in [0.2, 0.25) is 9.05 Å². The summed E-state index contributed by atoms with van der Waals surface area (Å²) < 4.78 is 27.2. The van der Waals surface area contributed by atoms with Crippen molar-refractivity contribution < 1.29 is 13.2 Å². The Morgan fingerprint density at radius 2 is 1.85 bits per heavy atom. The van der Waals surface area contributed by atoms with Crippen LogP contribution >= 0.6 is 10.7 Å². The van der Waals surface area contributed by atoms with Crippen molar-refractivity contribution in [2.75, 3.05) is 12.4 Å². The van der Waals surface area contributed by atoms with E-state index in [0.29, 0.717) is 19.4 Å². The van der Waals surface area contributed by atoms with Crippen molar-refractivity contribution in [3.8, 4) is 5.75 Å². The SMILES string of the molecule is Cc1cc(C(C)(C)C)ccc1OCCCCS(=O)(=O)Cl. The Balaban J connectivity index is 2.49. The number of rotatable bonds is 6. The predicted octanol–water partition coefficient (Wildman–Crippen LogP) is 4.02.